The number of likely N-dealkylation sites (tertiary alicyclic amines) is 1. The van der Waals surface area contributed by atoms with Gasteiger partial charge in [0.1, 0.15) is 17.2 Å². The van der Waals surface area contributed by atoms with Gasteiger partial charge in [-0.15, -0.1) is 0 Å². The van der Waals surface area contributed by atoms with Crippen molar-refractivity contribution >= 4 is 39.2 Å². The number of pyridine rings is 1. The molecule has 39 heavy (non-hydrogen) atoms. The first-order chi connectivity index (χ1) is 18.3. The van der Waals surface area contributed by atoms with Crippen LogP contribution in [0, 0.1) is 5.92 Å². The summed E-state index contributed by atoms with van der Waals surface area (Å²) in [7, 11) is -2.34. The number of sulfonamides is 1. The van der Waals surface area contributed by atoms with E-state index in [-0.39, 0.29) is 24.2 Å². The summed E-state index contributed by atoms with van der Waals surface area (Å²) in [5, 5.41) is 5.50. The molecule has 0 bridgehead atoms. The van der Waals surface area contributed by atoms with Crippen molar-refractivity contribution in [1.82, 2.24) is 19.9 Å². The fourth-order valence-electron chi connectivity index (χ4n) is 4.10. The van der Waals surface area contributed by atoms with Crippen LogP contribution in [0.3, 0.4) is 0 Å². The molecule has 1 aromatic carbocycles. The Morgan fingerprint density at radius 3 is 2.51 bits per heavy atom. The Labute approximate surface area is 224 Å². The first-order valence-electron chi connectivity index (χ1n) is 12.0. The molecule has 208 valence electrons. The maximum atomic E-state index is 13.7. The lowest BCUT2D eigenvalue weighted by Crippen LogP contribution is -2.28. The van der Waals surface area contributed by atoms with E-state index in [0.717, 1.165) is 17.0 Å². The molecule has 1 atom stereocenters. The molecule has 10 nitrogen and oxygen atoms in total. The Morgan fingerprint density at radius 1 is 1.18 bits per heavy atom. The minimum Gasteiger partial charge on any atom is -0.365 e. The maximum absolute atomic E-state index is 13.7. The van der Waals surface area contributed by atoms with Gasteiger partial charge in [0, 0.05) is 55.9 Å². The smallest absolute Gasteiger partial charge is 0.365 e. The Bertz CT molecular complexity index is 1450. The summed E-state index contributed by atoms with van der Waals surface area (Å²) >= 11 is 0. The molecule has 0 aliphatic carbocycles. The Balaban J connectivity index is 1.53. The number of carbonyl (C=O) groups is 1. The number of alkyl halides is 3. The van der Waals surface area contributed by atoms with Crippen LogP contribution < -0.4 is 14.9 Å². The lowest BCUT2D eigenvalue weighted by Gasteiger charge is -2.20. The summed E-state index contributed by atoms with van der Waals surface area (Å²) in [6.07, 6.45) is -0.727. The number of nitrogens with zero attached hydrogens (tertiary/aromatic N) is 5. The summed E-state index contributed by atoms with van der Waals surface area (Å²) < 4.78 is 66.0. The number of halogens is 3. The second kappa shape index (κ2) is 11.0. The van der Waals surface area contributed by atoms with Crippen molar-refractivity contribution in [2.45, 2.75) is 26.1 Å². The molecule has 4 rings (SSSR count). The standard InChI is InChI=1S/C25H28F3N7O3S/c1-16-10-12-35(15-16)23(36)17-6-8-19(9-7-17)32-24-31-14-20(25(26,27)28)21(33-24)30-13-18-5-4-11-29-22(18)34(2)39(3,37)38/h4-9,11,14,16H,10,12-13,15H2,1-3H3,(H2,30,31,32,33)/t16-/m0/s1. The zero-order valence-electron chi connectivity index (χ0n) is 21.5. The molecule has 1 aliphatic rings. The minimum absolute atomic E-state index is 0.0699. The molecule has 2 aromatic heterocycles. The Kier molecular flexibility index (Phi) is 7.95. The molecule has 0 saturated carbocycles. The van der Waals surface area contributed by atoms with Crippen LogP contribution in [-0.2, 0) is 22.7 Å². The predicted octanol–water partition coefficient (Wildman–Crippen LogP) is 4.12. The molecular formula is C25H28F3N7O3S. The van der Waals surface area contributed by atoms with Gasteiger partial charge in [-0.3, -0.25) is 9.10 Å². The molecule has 0 radical (unpaired) electrons. The van der Waals surface area contributed by atoms with Crippen LogP contribution in [0.25, 0.3) is 0 Å². The van der Waals surface area contributed by atoms with Crippen LogP contribution in [0.1, 0.15) is 34.8 Å². The van der Waals surface area contributed by atoms with Crippen molar-refractivity contribution in [3.63, 3.8) is 0 Å². The number of nitrogens with one attached hydrogen (secondary N) is 2. The van der Waals surface area contributed by atoms with Gasteiger partial charge in [0.05, 0.1) is 6.26 Å². The van der Waals surface area contributed by atoms with E-state index in [1.807, 2.05) is 0 Å². The fraction of sp³-hybridized carbons (Fsp3) is 0.360. The van der Waals surface area contributed by atoms with Gasteiger partial charge in [0.15, 0.2) is 0 Å². The SMILES string of the molecule is C[C@H]1CCN(C(=O)c2ccc(Nc3ncc(C(F)(F)F)c(NCc4cccnc4N(C)S(C)(=O)=O)n3)cc2)C1. The van der Waals surface area contributed by atoms with Crippen molar-refractivity contribution in [1.29, 1.82) is 0 Å². The summed E-state index contributed by atoms with van der Waals surface area (Å²) in [6, 6.07) is 9.63. The highest BCUT2D eigenvalue weighted by atomic mass is 32.2. The van der Waals surface area contributed by atoms with Gasteiger partial charge in [0.25, 0.3) is 5.91 Å². The second-order valence-corrected chi connectivity index (χ2v) is 11.4. The average molecular weight is 564 g/mol. The topological polar surface area (TPSA) is 120 Å². The molecule has 3 heterocycles. The van der Waals surface area contributed by atoms with Crippen LogP contribution in [0.15, 0.2) is 48.8 Å². The van der Waals surface area contributed by atoms with E-state index in [4.69, 9.17) is 0 Å². The van der Waals surface area contributed by atoms with E-state index in [2.05, 4.69) is 32.5 Å². The molecule has 2 N–H and O–H groups in total. The summed E-state index contributed by atoms with van der Waals surface area (Å²) in [6.45, 7) is 3.32. The van der Waals surface area contributed by atoms with Crippen LogP contribution >= 0.6 is 0 Å². The number of anilines is 4. The number of benzene rings is 1. The predicted molar refractivity (Wildman–Crippen MR) is 141 cm³/mol. The van der Waals surface area contributed by atoms with Crippen LogP contribution in [0.5, 0.6) is 0 Å². The Morgan fingerprint density at radius 2 is 1.90 bits per heavy atom. The first-order valence-corrected chi connectivity index (χ1v) is 13.9. The van der Waals surface area contributed by atoms with Gasteiger partial charge in [0.2, 0.25) is 16.0 Å². The maximum Gasteiger partial charge on any atom is 0.421 e. The molecule has 1 amide bonds. The van der Waals surface area contributed by atoms with E-state index in [1.165, 1.54) is 13.2 Å². The van der Waals surface area contributed by atoms with Crippen molar-refractivity contribution in [3.8, 4) is 0 Å². The average Bonchev–Trinajstić information content (AvgIpc) is 3.32. The highest BCUT2D eigenvalue weighted by Crippen LogP contribution is 2.34. The lowest BCUT2D eigenvalue weighted by molar-refractivity contribution is -0.137. The van der Waals surface area contributed by atoms with E-state index in [0.29, 0.717) is 42.0 Å². The van der Waals surface area contributed by atoms with Gasteiger partial charge in [-0.05, 0) is 42.7 Å². The molecular weight excluding hydrogens is 535 g/mol. The summed E-state index contributed by atoms with van der Waals surface area (Å²) in [5.74, 6) is -0.129. The van der Waals surface area contributed by atoms with Crippen molar-refractivity contribution < 1.29 is 26.4 Å². The van der Waals surface area contributed by atoms with Gasteiger partial charge >= 0.3 is 6.18 Å². The van der Waals surface area contributed by atoms with Crippen LogP contribution in [0.2, 0.25) is 0 Å². The number of aromatic nitrogens is 3. The fourth-order valence-corrected chi connectivity index (χ4v) is 4.58. The van der Waals surface area contributed by atoms with Crippen molar-refractivity contribution in [3.05, 3.63) is 65.5 Å². The normalized spacial score (nSPS) is 15.7. The van der Waals surface area contributed by atoms with Crippen molar-refractivity contribution in [2.75, 3.05) is 41.3 Å². The van der Waals surface area contributed by atoms with Crippen LogP contribution in [0.4, 0.5) is 36.4 Å². The van der Waals surface area contributed by atoms with E-state index in [9.17, 15) is 26.4 Å². The number of hydrogen-bond donors (Lipinski definition) is 2. The minimum atomic E-state index is -4.74. The van der Waals surface area contributed by atoms with E-state index < -0.39 is 27.6 Å². The molecule has 1 aliphatic heterocycles. The summed E-state index contributed by atoms with van der Waals surface area (Å²) in [4.78, 5) is 26.4. The molecule has 0 spiro atoms. The highest BCUT2D eigenvalue weighted by molar-refractivity contribution is 7.92. The van der Waals surface area contributed by atoms with Crippen molar-refractivity contribution in [2.24, 2.45) is 5.92 Å². The number of hydrogen-bond acceptors (Lipinski definition) is 8. The van der Waals surface area contributed by atoms with Crippen LogP contribution in [-0.4, -0.2) is 60.6 Å². The number of rotatable bonds is 8. The number of carbonyl (C=O) groups excluding carboxylic acids is 1. The highest BCUT2D eigenvalue weighted by Gasteiger charge is 2.35. The molecule has 14 heteroatoms. The third-order valence-corrected chi connectivity index (χ3v) is 7.47. The van der Waals surface area contributed by atoms with E-state index >= 15 is 0 Å². The third kappa shape index (κ3) is 6.74. The largest absolute Gasteiger partial charge is 0.421 e. The lowest BCUT2D eigenvalue weighted by atomic mass is 10.1. The molecule has 1 saturated heterocycles. The second-order valence-electron chi connectivity index (χ2n) is 9.37. The Hall–Kier alpha value is -3.94. The number of amides is 1. The van der Waals surface area contributed by atoms with Gasteiger partial charge in [-0.1, -0.05) is 13.0 Å². The first kappa shape index (κ1) is 28.1. The monoisotopic (exact) mass is 563 g/mol. The van der Waals surface area contributed by atoms with Gasteiger partial charge < -0.3 is 15.5 Å². The summed E-state index contributed by atoms with van der Waals surface area (Å²) in [5.41, 5.74) is 0.253. The zero-order chi connectivity index (χ0) is 28.4. The quantitative estimate of drug-likeness (QED) is 0.420. The van der Waals surface area contributed by atoms with E-state index in [1.54, 1.807) is 41.3 Å². The molecule has 1 fully saturated rings. The zero-order valence-corrected chi connectivity index (χ0v) is 22.3. The van der Waals surface area contributed by atoms with Gasteiger partial charge in [-0.25, -0.2) is 18.4 Å². The third-order valence-electron chi connectivity index (χ3n) is 6.30. The molecule has 3 aromatic rings. The van der Waals surface area contributed by atoms with Gasteiger partial charge in [-0.2, -0.15) is 18.2 Å². The molecule has 0 unspecified atom stereocenters.